The Bertz CT molecular complexity index is 732. The van der Waals surface area contributed by atoms with Crippen molar-refractivity contribution in [3.8, 4) is 0 Å². The van der Waals surface area contributed by atoms with Crippen molar-refractivity contribution in [2.75, 3.05) is 0 Å². The lowest BCUT2D eigenvalue weighted by molar-refractivity contribution is 0.515. The van der Waals surface area contributed by atoms with E-state index in [4.69, 9.17) is 0 Å². The molecule has 0 unspecified atom stereocenters. The molecule has 0 aliphatic carbocycles. The van der Waals surface area contributed by atoms with Crippen LogP contribution in [0, 0.1) is 29.6 Å². The van der Waals surface area contributed by atoms with Crippen LogP contribution in [0.1, 0.15) is 0 Å². The lowest BCUT2D eigenvalue weighted by Crippen LogP contribution is -1.90. The molecule has 0 fully saturated rings. The molecular weight excluding hydrogens is 225 g/mol. The SMILES string of the molecule is Fc1[c]cc2ccc3c[c]cc(F)c3c2c1F. The fourth-order valence-corrected chi connectivity index (χ4v) is 1.96. The van der Waals surface area contributed by atoms with Gasteiger partial charge in [-0.25, -0.2) is 13.2 Å². The van der Waals surface area contributed by atoms with Crippen LogP contribution in [-0.2, 0) is 0 Å². The summed E-state index contributed by atoms with van der Waals surface area (Å²) in [6, 6.07) is 12.0. The molecule has 0 saturated carbocycles. The maximum Gasteiger partial charge on any atom is 0.168 e. The molecule has 0 aliphatic rings. The van der Waals surface area contributed by atoms with E-state index in [1.54, 1.807) is 12.1 Å². The van der Waals surface area contributed by atoms with Crippen molar-refractivity contribution in [1.29, 1.82) is 0 Å². The van der Waals surface area contributed by atoms with Gasteiger partial charge in [0, 0.05) is 16.8 Å². The first-order valence-electron chi connectivity index (χ1n) is 4.96. The fourth-order valence-electron chi connectivity index (χ4n) is 1.96. The minimum absolute atomic E-state index is 0.0507. The largest absolute Gasteiger partial charge is 0.206 e. The molecule has 2 radical (unpaired) electrons. The molecule has 17 heavy (non-hydrogen) atoms. The number of rotatable bonds is 0. The van der Waals surface area contributed by atoms with Crippen molar-refractivity contribution >= 4 is 21.5 Å². The maximum atomic E-state index is 13.7. The highest BCUT2D eigenvalue weighted by molar-refractivity contribution is 6.07. The van der Waals surface area contributed by atoms with E-state index in [1.807, 2.05) is 0 Å². The topological polar surface area (TPSA) is 0 Å². The number of benzene rings is 3. The number of hydrogen-bond donors (Lipinski definition) is 0. The summed E-state index contributed by atoms with van der Waals surface area (Å²) in [5.41, 5.74) is 0. The molecule has 0 nitrogen and oxygen atoms in total. The molecule has 0 N–H and O–H groups in total. The van der Waals surface area contributed by atoms with Crippen molar-refractivity contribution in [3.05, 3.63) is 59.9 Å². The molecule has 82 valence electrons. The van der Waals surface area contributed by atoms with E-state index in [0.717, 1.165) is 6.07 Å². The van der Waals surface area contributed by atoms with Gasteiger partial charge in [-0.2, -0.15) is 0 Å². The van der Waals surface area contributed by atoms with Crippen LogP contribution in [-0.4, -0.2) is 0 Å². The van der Waals surface area contributed by atoms with Crippen LogP contribution in [0.25, 0.3) is 21.5 Å². The van der Waals surface area contributed by atoms with E-state index in [-0.39, 0.29) is 10.8 Å². The van der Waals surface area contributed by atoms with Crippen LogP contribution < -0.4 is 0 Å². The summed E-state index contributed by atoms with van der Waals surface area (Å²) >= 11 is 0. The third kappa shape index (κ3) is 1.39. The lowest BCUT2D eigenvalue weighted by Gasteiger charge is -2.06. The highest BCUT2D eigenvalue weighted by atomic mass is 19.2. The number of fused-ring (bicyclic) bond motifs is 3. The van der Waals surface area contributed by atoms with Gasteiger partial charge in [0.2, 0.25) is 0 Å². The first-order valence-corrected chi connectivity index (χ1v) is 4.96. The minimum Gasteiger partial charge on any atom is -0.206 e. The van der Waals surface area contributed by atoms with Crippen molar-refractivity contribution in [1.82, 2.24) is 0 Å². The Kier molecular flexibility index (Phi) is 2.08. The van der Waals surface area contributed by atoms with Crippen molar-refractivity contribution < 1.29 is 13.2 Å². The zero-order valence-corrected chi connectivity index (χ0v) is 8.52. The predicted molar refractivity (Wildman–Crippen MR) is 59.0 cm³/mol. The summed E-state index contributed by atoms with van der Waals surface area (Å²) in [6.45, 7) is 0. The first-order chi connectivity index (χ1) is 8.18. The Hall–Kier alpha value is -2.03. The normalized spacial score (nSPS) is 11.2. The van der Waals surface area contributed by atoms with E-state index in [2.05, 4.69) is 12.1 Å². The van der Waals surface area contributed by atoms with Gasteiger partial charge in [-0.1, -0.05) is 12.1 Å². The third-order valence-electron chi connectivity index (χ3n) is 2.72. The molecule has 0 amide bonds. The van der Waals surface area contributed by atoms with E-state index >= 15 is 0 Å². The average Bonchev–Trinajstić information content (AvgIpc) is 2.34. The van der Waals surface area contributed by atoms with Gasteiger partial charge in [0.15, 0.2) is 11.6 Å². The monoisotopic (exact) mass is 230 g/mol. The van der Waals surface area contributed by atoms with Gasteiger partial charge in [0.25, 0.3) is 0 Å². The summed E-state index contributed by atoms with van der Waals surface area (Å²) < 4.78 is 40.6. The zero-order chi connectivity index (χ0) is 12.0. The van der Waals surface area contributed by atoms with Crippen LogP contribution in [0.5, 0.6) is 0 Å². The smallest absolute Gasteiger partial charge is 0.168 e. The Labute approximate surface area is 95.3 Å². The second kappa shape index (κ2) is 3.48. The van der Waals surface area contributed by atoms with Crippen molar-refractivity contribution in [3.63, 3.8) is 0 Å². The summed E-state index contributed by atoms with van der Waals surface area (Å²) in [5, 5.41) is 0.931. The molecule has 3 heteroatoms. The molecule has 0 spiro atoms. The molecule has 0 heterocycles. The highest BCUT2D eigenvalue weighted by Gasteiger charge is 2.13. The maximum absolute atomic E-state index is 13.7. The third-order valence-corrected chi connectivity index (χ3v) is 2.72. The standard InChI is InChI=1S/C14H5F3/c15-10-3-1-2-8-4-5-9-6-7-11(16)14(17)13(9)12(8)10/h2-6H. The summed E-state index contributed by atoms with van der Waals surface area (Å²) in [5.74, 6) is -2.78. The zero-order valence-electron chi connectivity index (χ0n) is 8.52. The molecule has 0 aromatic heterocycles. The Morgan fingerprint density at radius 3 is 2.29 bits per heavy atom. The second-order valence-electron chi connectivity index (χ2n) is 3.71. The van der Waals surface area contributed by atoms with Crippen LogP contribution in [0.15, 0.2) is 30.3 Å². The molecule has 3 aromatic carbocycles. The molecule has 0 bridgehead atoms. The van der Waals surface area contributed by atoms with Gasteiger partial charge in [0.05, 0.1) is 0 Å². The minimum atomic E-state index is -1.10. The van der Waals surface area contributed by atoms with Crippen LogP contribution in [0.2, 0.25) is 0 Å². The van der Waals surface area contributed by atoms with Gasteiger partial charge < -0.3 is 0 Å². The van der Waals surface area contributed by atoms with Gasteiger partial charge in [-0.05, 0) is 35.0 Å². The van der Waals surface area contributed by atoms with Crippen LogP contribution in [0.4, 0.5) is 13.2 Å². The number of halogens is 3. The second-order valence-corrected chi connectivity index (χ2v) is 3.71. The van der Waals surface area contributed by atoms with Crippen molar-refractivity contribution in [2.24, 2.45) is 0 Å². The van der Waals surface area contributed by atoms with Crippen LogP contribution in [0.3, 0.4) is 0 Å². The molecule has 3 rings (SSSR count). The van der Waals surface area contributed by atoms with Gasteiger partial charge in [0.1, 0.15) is 5.82 Å². The molecule has 0 atom stereocenters. The summed E-state index contributed by atoms with van der Waals surface area (Å²) in [4.78, 5) is 0. The predicted octanol–water partition coefficient (Wildman–Crippen LogP) is 4.01. The highest BCUT2D eigenvalue weighted by Crippen LogP contribution is 2.30. The van der Waals surface area contributed by atoms with E-state index in [0.29, 0.717) is 10.8 Å². The van der Waals surface area contributed by atoms with Crippen molar-refractivity contribution in [2.45, 2.75) is 0 Å². The van der Waals surface area contributed by atoms with Gasteiger partial charge in [-0.15, -0.1) is 0 Å². The van der Waals surface area contributed by atoms with E-state index < -0.39 is 17.5 Å². The van der Waals surface area contributed by atoms with Gasteiger partial charge >= 0.3 is 0 Å². The van der Waals surface area contributed by atoms with Gasteiger partial charge in [-0.3, -0.25) is 0 Å². The molecule has 3 aromatic rings. The first kappa shape index (κ1) is 10.1. The fraction of sp³-hybridized carbons (Fsp3) is 0. The summed E-state index contributed by atoms with van der Waals surface area (Å²) in [7, 11) is 0. The molecular formula is C14H5F3. The Balaban J connectivity index is 2.67. The lowest BCUT2D eigenvalue weighted by atomic mass is 10.0. The van der Waals surface area contributed by atoms with E-state index in [1.165, 1.54) is 12.1 Å². The number of hydrogen-bond acceptors (Lipinski definition) is 0. The Morgan fingerprint density at radius 2 is 1.53 bits per heavy atom. The average molecular weight is 230 g/mol. The molecule has 0 saturated heterocycles. The summed E-state index contributed by atoms with van der Waals surface area (Å²) in [6.07, 6.45) is 0. The van der Waals surface area contributed by atoms with E-state index in [9.17, 15) is 13.2 Å². The molecule has 0 aliphatic heterocycles. The quantitative estimate of drug-likeness (QED) is 0.512. The Morgan fingerprint density at radius 1 is 0.824 bits per heavy atom. The van der Waals surface area contributed by atoms with Crippen LogP contribution >= 0.6 is 0 Å².